The van der Waals surface area contributed by atoms with Crippen molar-refractivity contribution in [2.75, 3.05) is 19.8 Å². The molecule has 4 saturated carbocycles. The molecule has 190 valence electrons. The molecule has 8 unspecified atom stereocenters. The molecule has 0 aromatic carbocycles. The zero-order valence-corrected chi connectivity index (χ0v) is 21.1. The summed E-state index contributed by atoms with van der Waals surface area (Å²) in [6.45, 7) is 8.57. The molecular formula is C27H40O7. The topological polar surface area (TPSA) is 88.1 Å². The molecule has 1 saturated heterocycles. The van der Waals surface area contributed by atoms with Crippen LogP contribution < -0.4 is 0 Å². The fourth-order valence-electron chi connectivity index (χ4n) is 9.07. The first-order chi connectivity index (χ1) is 16.1. The molecule has 0 aromatic heterocycles. The van der Waals surface area contributed by atoms with E-state index in [2.05, 4.69) is 6.92 Å². The van der Waals surface area contributed by atoms with Gasteiger partial charge in [0.25, 0.3) is 0 Å². The monoisotopic (exact) mass is 476 g/mol. The first-order valence-corrected chi connectivity index (χ1v) is 13.2. The third-order valence-corrected chi connectivity index (χ3v) is 10.5. The molecule has 4 aliphatic carbocycles. The third kappa shape index (κ3) is 3.64. The van der Waals surface area contributed by atoms with Crippen LogP contribution in [0.1, 0.15) is 79.1 Å². The number of hydrogen-bond donors (Lipinski definition) is 0. The highest BCUT2D eigenvalue weighted by Gasteiger charge is 2.67. The summed E-state index contributed by atoms with van der Waals surface area (Å²) in [6, 6.07) is 0. The van der Waals surface area contributed by atoms with E-state index in [1.165, 1.54) is 13.8 Å². The summed E-state index contributed by atoms with van der Waals surface area (Å²) in [7, 11) is 0. The molecule has 1 aliphatic heterocycles. The smallest absolute Gasteiger partial charge is 0.302 e. The highest BCUT2D eigenvalue weighted by atomic mass is 16.7. The van der Waals surface area contributed by atoms with Crippen LogP contribution in [0, 0.1) is 40.4 Å². The number of ketones is 1. The second-order valence-corrected chi connectivity index (χ2v) is 11.9. The minimum atomic E-state index is -0.752. The SMILES string of the molecule is CC(=O)OCC12C(=O)CC3C(CCC4CC5(CCC43C)OCCO5)C1CCC2C(C)OC(C)=O. The number of carbonyl (C=O) groups is 3. The van der Waals surface area contributed by atoms with E-state index in [1.54, 1.807) is 0 Å². The highest BCUT2D eigenvalue weighted by Crippen LogP contribution is 2.68. The Hall–Kier alpha value is -1.47. The fraction of sp³-hybridized carbons (Fsp3) is 0.889. The molecule has 7 heteroatoms. The van der Waals surface area contributed by atoms with Crippen LogP contribution >= 0.6 is 0 Å². The molecule has 5 aliphatic rings. The normalized spacial score (nSPS) is 43.5. The zero-order chi connectivity index (χ0) is 24.3. The van der Waals surface area contributed by atoms with E-state index in [-0.39, 0.29) is 47.7 Å². The van der Waals surface area contributed by atoms with Crippen LogP contribution in [-0.4, -0.2) is 49.4 Å². The molecule has 0 radical (unpaired) electrons. The molecule has 1 spiro atoms. The maximum Gasteiger partial charge on any atom is 0.302 e. The maximum absolute atomic E-state index is 14.2. The number of hydrogen-bond acceptors (Lipinski definition) is 7. The van der Waals surface area contributed by atoms with Gasteiger partial charge in [-0.2, -0.15) is 0 Å². The summed E-state index contributed by atoms with van der Waals surface area (Å²) in [5, 5.41) is 0. The zero-order valence-electron chi connectivity index (χ0n) is 21.1. The molecule has 7 nitrogen and oxygen atoms in total. The van der Waals surface area contributed by atoms with Crippen LogP contribution in [0.4, 0.5) is 0 Å². The molecule has 5 rings (SSSR count). The van der Waals surface area contributed by atoms with Gasteiger partial charge in [0.05, 0.1) is 18.6 Å². The van der Waals surface area contributed by atoms with Crippen molar-refractivity contribution < 1.29 is 33.3 Å². The van der Waals surface area contributed by atoms with E-state index >= 15 is 0 Å². The number of ether oxygens (including phenoxy) is 4. The Morgan fingerprint density at radius 2 is 1.76 bits per heavy atom. The van der Waals surface area contributed by atoms with E-state index < -0.39 is 11.2 Å². The summed E-state index contributed by atoms with van der Waals surface area (Å²) in [5.74, 6) is 0.386. The Balaban J connectivity index is 1.44. The lowest BCUT2D eigenvalue weighted by atomic mass is 9.44. The van der Waals surface area contributed by atoms with E-state index in [1.807, 2.05) is 6.92 Å². The predicted molar refractivity (Wildman–Crippen MR) is 122 cm³/mol. The lowest BCUT2D eigenvalue weighted by Gasteiger charge is -2.61. The van der Waals surface area contributed by atoms with Crippen LogP contribution in [0.3, 0.4) is 0 Å². The number of rotatable bonds is 4. The first kappa shape index (κ1) is 24.2. The molecular weight excluding hydrogens is 436 g/mol. The van der Waals surface area contributed by atoms with Crippen molar-refractivity contribution in [2.45, 2.75) is 91.0 Å². The minimum absolute atomic E-state index is 0.0896. The van der Waals surface area contributed by atoms with Crippen molar-refractivity contribution >= 4 is 17.7 Å². The number of esters is 2. The van der Waals surface area contributed by atoms with Crippen molar-refractivity contribution in [1.29, 1.82) is 0 Å². The molecule has 8 atom stereocenters. The van der Waals surface area contributed by atoms with Gasteiger partial charge in [-0.3, -0.25) is 14.4 Å². The Bertz CT molecular complexity index is 848. The minimum Gasteiger partial charge on any atom is -0.465 e. The Kier molecular flexibility index (Phi) is 6.11. The number of carbonyl (C=O) groups excluding carboxylic acids is 3. The van der Waals surface area contributed by atoms with E-state index in [4.69, 9.17) is 18.9 Å². The molecule has 34 heavy (non-hydrogen) atoms. The highest BCUT2D eigenvalue weighted by molar-refractivity contribution is 5.88. The average molecular weight is 477 g/mol. The van der Waals surface area contributed by atoms with Gasteiger partial charge in [0.15, 0.2) is 5.79 Å². The van der Waals surface area contributed by atoms with Gasteiger partial charge < -0.3 is 18.9 Å². The van der Waals surface area contributed by atoms with Crippen LogP contribution in [0.25, 0.3) is 0 Å². The fourth-order valence-corrected chi connectivity index (χ4v) is 9.07. The van der Waals surface area contributed by atoms with E-state index in [0.29, 0.717) is 37.4 Å². The molecule has 0 amide bonds. The molecule has 1 heterocycles. The Morgan fingerprint density at radius 3 is 2.44 bits per heavy atom. The molecule has 0 aromatic rings. The maximum atomic E-state index is 14.2. The van der Waals surface area contributed by atoms with Gasteiger partial charge in [-0.25, -0.2) is 0 Å². The summed E-state index contributed by atoms with van der Waals surface area (Å²) >= 11 is 0. The van der Waals surface area contributed by atoms with Gasteiger partial charge in [0, 0.05) is 39.0 Å². The van der Waals surface area contributed by atoms with Crippen LogP contribution in [-0.2, 0) is 33.3 Å². The van der Waals surface area contributed by atoms with Crippen molar-refractivity contribution in [3.63, 3.8) is 0 Å². The summed E-state index contributed by atoms with van der Waals surface area (Å²) < 4.78 is 23.3. The quantitative estimate of drug-likeness (QED) is 0.565. The van der Waals surface area contributed by atoms with Crippen molar-refractivity contribution in [2.24, 2.45) is 40.4 Å². The van der Waals surface area contributed by atoms with Crippen molar-refractivity contribution in [1.82, 2.24) is 0 Å². The van der Waals surface area contributed by atoms with Gasteiger partial charge in [-0.1, -0.05) is 6.92 Å². The van der Waals surface area contributed by atoms with E-state index in [0.717, 1.165) is 44.9 Å². The summed E-state index contributed by atoms with van der Waals surface area (Å²) in [4.78, 5) is 37.7. The second kappa shape index (κ2) is 8.58. The largest absolute Gasteiger partial charge is 0.465 e. The van der Waals surface area contributed by atoms with Crippen LogP contribution in [0.2, 0.25) is 0 Å². The molecule has 5 fully saturated rings. The van der Waals surface area contributed by atoms with Gasteiger partial charge in [-0.05, 0) is 68.1 Å². The second-order valence-electron chi connectivity index (χ2n) is 11.9. The molecule has 0 bridgehead atoms. The van der Waals surface area contributed by atoms with Crippen molar-refractivity contribution in [3.05, 3.63) is 0 Å². The summed E-state index contributed by atoms with van der Waals surface area (Å²) in [6.07, 6.45) is 6.91. The number of Topliss-reactive ketones (excluding diaryl/α,β-unsaturated/α-hetero) is 1. The third-order valence-electron chi connectivity index (χ3n) is 10.5. The number of fused-ring (bicyclic) bond motifs is 5. The van der Waals surface area contributed by atoms with Crippen LogP contribution in [0.5, 0.6) is 0 Å². The lowest BCUT2D eigenvalue weighted by Crippen LogP contribution is -2.61. The van der Waals surface area contributed by atoms with E-state index in [9.17, 15) is 14.4 Å². The Labute approximate surface area is 202 Å². The van der Waals surface area contributed by atoms with Crippen LogP contribution in [0.15, 0.2) is 0 Å². The van der Waals surface area contributed by atoms with Gasteiger partial charge in [0.2, 0.25) is 0 Å². The van der Waals surface area contributed by atoms with Gasteiger partial charge in [-0.15, -0.1) is 0 Å². The lowest BCUT2D eigenvalue weighted by molar-refractivity contribution is -0.230. The predicted octanol–water partition coefficient (Wildman–Crippen LogP) is 4.06. The summed E-state index contributed by atoms with van der Waals surface area (Å²) in [5.41, 5.74) is -0.662. The van der Waals surface area contributed by atoms with Gasteiger partial charge >= 0.3 is 11.9 Å². The molecule has 0 N–H and O–H groups in total. The first-order valence-electron chi connectivity index (χ1n) is 13.2. The van der Waals surface area contributed by atoms with Crippen molar-refractivity contribution in [3.8, 4) is 0 Å². The standard InChI is InChI=1S/C27H40O7/c1-16(34-18(3)29)21-7-8-22-20-6-5-19-14-26(32-11-12-33-26)10-9-25(19,4)23(20)13-24(30)27(21,22)15-31-17(2)28/h16,19-23H,5-15H2,1-4H3. The average Bonchev–Trinajstić information content (AvgIpc) is 3.39. The Morgan fingerprint density at radius 1 is 1.03 bits per heavy atom. The van der Waals surface area contributed by atoms with Gasteiger partial charge in [0.1, 0.15) is 18.5 Å².